The number of nitrogens with one attached hydrogen (secondary N) is 1. The van der Waals surface area contributed by atoms with Crippen molar-refractivity contribution in [1.82, 2.24) is 4.98 Å². The molecule has 0 saturated heterocycles. The van der Waals surface area contributed by atoms with E-state index in [1.54, 1.807) is 0 Å². The molecule has 0 spiro atoms. The first-order valence-electron chi connectivity index (χ1n) is 9.27. The van der Waals surface area contributed by atoms with E-state index in [2.05, 4.69) is 39.6 Å². The minimum Gasteiger partial charge on any atom is -0.488 e. The number of benzene rings is 1. The number of rotatable bonds is 6. The Hall–Kier alpha value is -1.81. The van der Waals surface area contributed by atoms with E-state index in [0.717, 1.165) is 23.1 Å². The quantitative estimate of drug-likeness (QED) is 0.667. The van der Waals surface area contributed by atoms with Gasteiger partial charge in [0, 0.05) is 22.7 Å². The number of fused-ring (bicyclic) bond motifs is 1. The molecule has 4 heteroatoms. The van der Waals surface area contributed by atoms with Crippen LogP contribution in [0.4, 0.5) is 0 Å². The number of aromatic nitrogens is 1. The van der Waals surface area contributed by atoms with Gasteiger partial charge < -0.3 is 14.5 Å². The first-order chi connectivity index (χ1) is 11.8. The summed E-state index contributed by atoms with van der Waals surface area (Å²) >= 11 is 0. The lowest BCUT2D eigenvalue weighted by Gasteiger charge is -2.28. The van der Waals surface area contributed by atoms with Crippen molar-refractivity contribution in [3.8, 4) is 5.75 Å². The van der Waals surface area contributed by atoms with E-state index >= 15 is 0 Å². The van der Waals surface area contributed by atoms with Crippen molar-refractivity contribution in [2.24, 2.45) is 5.41 Å². The Morgan fingerprint density at radius 2 is 1.65 bits per heavy atom. The predicted octanol–water partition coefficient (Wildman–Crippen LogP) is 5.76. The average Bonchev–Trinajstić information content (AvgIpc) is 2.86. The minimum absolute atomic E-state index is 0.107. The van der Waals surface area contributed by atoms with Crippen molar-refractivity contribution in [3.05, 3.63) is 30.0 Å². The molecule has 0 radical (unpaired) electrons. The monoisotopic (exact) mass is 359 g/mol. The number of ketones is 1. The van der Waals surface area contributed by atoms with Gasteiger partial charge in [-0.25, -0.2) is 0 Å². The summed E-state index contributed by atoms with van der Waals surface area (Å²) in [6.45, 7) is 16.7. The number of carbonyl (C=O) groups excluding carboxylic acids is 1. The molecule has 0 unspecified atom stereocenters. The van der Waals surface area contributed by atoms with Crippen molar-refractivity contribution >= 4 is 16.7 Å². The molecule has 0 fully saturated rings. The Balaban J connectivity index is 2.12. The highest BCUT2D eigenvalue weighted by atomic mass is 16.5. The highest BCUT2D eigenvalue weighted by Crippen LogP contribution is 2.28. The molecule has 4 nitrogen and oxygen atoms in total. The van der Waals surface area contributed by atoms with Crippen molar-refractivity contribution < 1.29 is 14.3 Å². The first kappa shape index (κ1) is 20.5. The fourth-order valence-electron chi connectivity index (χ4n) is 2.67. The number of hydrogen-bond acceptors (Lipinski definition) is 3. The molecule has 144 valence electrons. The average molecular weight is 360 g/mol. The number of ether oxygens (including phenoxy) is 2. The van der Waals surface area contributed by atoms with Crippen LogP contribution in [0.25, 0.3) is 10.9 Å². The Kier molecular flexibility index (Phi) is 5.57. The maximum Gasteiger partial charge on any atom is 0.184 e. The zero-order chi connectivity index (χ0) is 19.8. The van der Waals surface area contributed by atoms with E-state index in [1.165, 1.54) is 0 Å². The highest BCUT2D eigenvalue weighted by Gasteiger charge is 2.25. The zero-order valence-electron chi connectivity index (χ0n) is 17.4. The normalized spacial score (nSPS) is 13.2. The van der Waals surface area contributed by atoms with Crippen LogP contribution in [0.2, 0.25) is 0 Å². The molecular formula is C22H33NO3. The van der Waals surface area contributed by atoms with Crippen LogP contribution >= 0.6 is 0 Å². The van der Waals surface area contributed by atoms with Crippen LogP contribution in [-0.4, -0.2) is 28.6 Å². The van der Waals surface area contributed by atoms with Gasteiger partial charge in [0.15, 0.2) is 5.78 Å². The molecule has 2 rings (SSSR count). The molecule has 0 aliphatic heterocycles. The van der Waals surface area contributed by atoms with Crippen molar-refractivity contribution in [2.45, 2.75) is 73.0 Å². The topological polar surface area (TPSA) is 51.3 Å². The predicted molar refractivity (Wildman–Crippen MR) is 107 cm³/mol. The van der Waals surface area contributed by atoms with Crippen LogP contribution < -0.4 is 4.74 Å². The van der Waals surface area contributed by atoms with Crippen LogP contribution in [-0.2, 0) is 4.74 Å². The second-order valence-electron chi connectivity index (χ2n) is 9.58. The molecule has 0 amide bonds. The van der Waals surface area contributed by atoms with Crippen LogP contribution in [0.3, 0.4) is 0 Å². The summed E-state index contributed by atoms with van der Waals surface area (Å²) in [6.07, 6.45) is 0.795. The van der Waals surface area contributed by atoms with E-state index < -0.39 is 5.41 Å². The van der Waals surface area contributed by atoms with Gasteiger partial charge in [-0.05, 0) is 58.9 Å². The molecule has 1 aromatic heterocycles. The van der Waals surface area contributed by atoms with Crippen LogP contribution in [0.5, 0.6) is 5.75 Å². The van der Waals surface area contributed by atoms with E-state index in [-0.39, 0.29) is 17.0 Å². The lowest BCUT2D eigenvalue weighted by molar-refractivity contribution is -0.0292. The molecule has 0 aliphatic carbocycles. The van der Waals surface area contributed by atoms with Gasteiger partial charge in [0.25, 0.3) is 0 Å². The molecule has 2 aromatic rings. The molecule has 1 heterocycles. The van der Waals surface area contributed by atoms with E-state index in [4.69, 9.17) is 9.47 Å². The Labute approximate surface area is 157 Å². The number of Topliss-reactive ketones (excluding diaryl/α,β-unsaturated/α-hetero) is 1. The second kappa shape index (κ2) is 7.07. The van der Waals surface area contributed by atoms with E-state index in [1.807, 2.05) is 45.0 Å². The minimum atomic E-state index is -0.407. The Morgan fingerprint density at radius 3 is 2.23 bits per heavy atom. The molecule has 26 heavy (non-hydrogen) atoms. The summed E-state index contributed by atoms with van der Waals surface area (Å²) in [4.78, 5) is 15.7. The third-order valence-electron chi connectivity index (χ3n) is 4.15. The molecule has 1 N–H and O–H groups in total. The van der Waals surface area contributed by atoms with E-state index in [0.29, 0.717) is 12.3 Å². The molecular weight excluding hydrogens is 326 g/mol. The van der Waals surface area contributed by atoms with Gasteiger partial charge in [-0.15, -0.1) is 0 Å². The molecule has 0 atom stereocenters. The second-order valence-corrected chi connectivity index (χ2v) is 9.58. The largest absolute Gasteiger partial charge is 0.488 e. The smallest absolute Gasteiger partial charge is 0.184 e. The maximum absolute atomic E-state index is 12.5. The number of carbonyl (C=O) groups is 1. The van der Waals surface area contributed by atoms with Crippen molar-refractivity contribution in [2.75, 3.05) is 6.61 Å². The zero-order valence-corrected chi connectivity index (χ0v) is 17.4. The summed E-state index contributed by atoms with van der Waals surface area (Å²) in [7, 11) is 0. The molecule has 0 saturated carbocycles. The maximum atomic E-state index is 12.5. The van der Waals surface area contributed by atoms with Gasteiger partial charge in [-0.1, -0.05) is 20.8 Å². The summed E-state index contributed by atoms with van der Waals surface area (Å²) in [5.41, 5.74) is 0.700. The first-order valence-corrected chi connectivity index (χ1v) is 9.27. The summed E-state index contributed by atoms with van der Waals surface area (Å²) in [5, 5.41) is 0.983. The van der Waals surface area contributed by atoms with Crippen LogP contribution in [0.15, 0.2) is 24.3 Å². The highest BCUT2D eigenvalue weighted by molar-refractivity contribution is 6.02. The SMILES string of the molecule is CC(C)(C)OCCC(C)(C)Oc1ccc2[nH]c(C(=O)C(C)(C)C)cc2c1. The number of H-pyrrole nitrogens is 1. The molecule has 0 bridgehead atoms. The van der Waals surface area contributed by atoms with Gasteiger partial charge in [0.05, 0.1) is 17.9 Å². The fraction of sp³-hybridized carbons (Fsp3) is 0.591. The Bertz CT molecular complexity index is 773. The van der Waals surface area contributed by atoms with Crippen LogP contribution in [0, 0.1) is 5.41 Å². The summed E-state index contributed by atoms with van der Waals surface area (Å²) < 4.78 is 12.0. The van der Waals surface area contributed by atoms with Crippen molar-refractivity contribution in [3.63, 3.8) is 0 Å². The number of aromatic amines is 1. The third-order valence-corrected chi connectivity index (χ3v) is 4.15. The third kappa shape index (κ3) is 5.60. The van der Waals surface area contributed by atoms with Gasteiger partial charge in [0.1, 0.15) is 11.4 Å². The number of hydrogen-bond donors (Lipinski definition) is 1. The molecule has 0 aliphatic rings. The van der Waals surface area contributed by atoms with Gasteiger partial charge in [-0.2, -0.15) is 0 Å². The van der Waals surface area contributed by atoms with Gasteiger partial charge in [-0.3, -0.25) is 4.79 Å². The molecule has 1 aromatic carbocycles. The standard InChI is InChI=1S/C22H33NO3/c1-20(2,3)19(24)18-14-15-13-16(9-10-17(15)23-18)26-22(7,8)11-12-25-21(4,5)6/h9-10,13-14,23H,11-12H2,1-8H3. The van der Waals surface area contributed by atoms with Gasteiger partial charge >= 0.3 is 0 Å². The summed E-state index contributed by atoms with van der Waals surface area (Å²) in [5.74, 6) is 0.905. The van der Waals surface area contributed by atoms with Gasteiger partial charge in [0.2, 0.25) is 0 Å². The fourth-order valence-corrected chi connectivity index (χ4v) is 2.67. The summed E-state index contributed by atoms with van der Waals surface area (Å²) in [6, 6.07) is 7.80. The van der Waals surface area contributed by atoms with E-state index in [9.17, 15) is 4.79 Å². The lowest BCUT2D eigenvalue weighted by atomic mass is 9.89. The van der Waals surface area contributed by atoms with Crippen LogP contribution in [0.1, 0.15) is 72.3 Å². The lowest BCUT2D eigenvalue weighted by Crippen LogP contribution is -2.31. The van der Waals surface area contributed by atoms with Crippen molar-refractivity contribution in [1.29, 1.82) is 0 Å². The Morgan fingerprint density at radius 1 is 1.00 bits per heavy atom.